The fourth-order valence-corrected chi connectivity index (χ4v) is 0.745. The van der Waals surface area contributed by atoms with Crippen LogP contribution in [-0.4, -0.2) is 24.3 Å². The number of carbonyl (C=O) groups is 1. The van der Waals surface area contributed by atoms with Gasteiger partial charge in [0, 0.05) is 13.5 Å². The molecule has 0 unspecified atom stereocenters. The Labute approximate surface area is 87.5 Å². The topological polar surface area (TPSA) is 46.5 Å². The first kappa shape index (κ1) is 15.9. The zero-order chi connectivity index (χ0) is 11.2. The van der Waals surface area contributed by atoms with Gasteiger partial charge in [-0.05, 0) is 12.8 Å². The van der Waals surface area contributed by atoms with Gasteiger partial charge in [-0.3, -0.25) is 4.79 Å². The molecule has 14 heavy (non-hydrogen) atoms. The van der Waals surface area contributed by atoms with Crippen molar-refractivity contribution in [3.63, 3.8) is 0 Å². The van der Waals surface area contributed by atoms with Crippen LogP contribution in [0.2, 0.25) is 0 Å². The molecule has 0 spiro atoms. The van der Waals surface area contributed by atoms with Crippen LogP contribution in [0.25, 0.3) is 0 Å². The molecule has 1 N–H and O–H groups in total. The van der Waals surface area contributed by atoms with Gasteiger partial charge < -0.3 is 9.84 Å². The summed E-state index contributed by atoms with van der Waals surface area (Å²) in [7, 11) is 0. The predicted molar refractivity (Wildman–Crippen MR) is 58.2 cm³/mol. The standard InChI is InChI=1S/C8H16O2.C3H8O/c1-3-4-5-6-7-10-8(2)9;1-2-3-4/h3-7H2,1-2H3;4H,2-3H2,1H3. The summed E-state index contributed by atoms with van der Waals surface area (Å²) in [5, 5.41) is 7.88. The number of unbranched alkanes of at least 4 members (excludes halogenated alkanes) is 3. The molecule has 0 bridgehead atoms. The van der Waals surface area contributed by atoms with Gasteiger partial charge in [0.05, 0.1) is 6.61 Å². The molecule has 86 valence electrons. The van der Waals surface area contributed by atoms with Crippen molar-refractivity contribution in [3.05, 3.63) is 0 Å². The van der Waals surface area contributed by atoms with Crippen LogP contribution in [0.3, 0.4) is 0 Å². The molecule has 0 aliphatic carbocycles. The zero-order valence-electron chi connectivity index (χ0n) is 9.71. The van der Waals surface area contributed by atoms with Crippen molar-refractivity contribution in [2.24, 2.45) is 0 Å². The molecule has 0 saturated carbocycles. The second-order valence-electron chi connectivity index (χ2n) is 3.12. The number of aliphatic hydroxyl groups is 1. The van der Waals surface area contributed by atoms with E-state index in [-0.39, 0.29) is 5.97 Å². The molecule has 0 aliphatic rings. The fraction of sp³-hybridized carbons (Fsp3) is 0.909. The molecular formula is C11H24O3. The number of rotatable bonds is 6. The van der Waals surface area contributed by atoms with Crippen LogP contribution in [0.15, 0.2) is 0 Å². The molecule has 0 fully saturated rings. The molecular weight excluding hydrogens is 180 g/mol. The smallest absolute Gasteiger partial charge is 0.302 e. The predicted octanol–water partition coefficient (Wildman–Crippen LogP) is 2.52. The maximum atomic E-state index is 10.3. The second kappa shape index (κ2) is 14.9. The third-order valence-corrected chi connectivity index (χ3v) is 1.53. The lowest BCUT2D eigenvalue weighted by Crippen LogP contribution is -1.99. The zero-order valence-corrected chi connectivity index (χ0v) is 9.71. The van der Waals surface area contributed by atoms with Crippen LogP contribution < -0.4 is 0 Å². The van der Waals surface area contributed by atoms with Crippen molar-refractivity contribution in [3.8, 4) is 0 Å². The lowest BCUT2D eigenvalue weighted by molar-refractivity contribution is -0.141. The van der Waals surface area contributed by atoms with E-state index in [4.69, 9.17) is 9.84 Å². The number of carbonyl (C=O) groups excluding carboxylic acids is 1. The molecule has 0 aliphatic heterocycles. The lowest BCUT2D eigenvalue weighted by Gasteiger charge is -1.99. The number of aliphatic hydroxyl groups excluding tert-OH is 1. The Morgan fingerprint density at radius 2 is 1.71 bits per heavy atom. The first-order valence-electron chi connectivity index (χ1n) is 5.43. The van der Waals surface area contributed by atoms with Gasteiger partial charge in [-0.2, -0.15) is 0 Å². The molecule has 0 aromatic heterocycles. The first-order chi connectivity index (χ1) is 6.68. The summed E-state index contributed by atoms with van der Waals surface area (Å²) in [6, 6.07) is 0. The third-order valence-electron chi connectivity index (χ3n) is 1.53. The van der Waals surface area contributed by atoms with Crippen LogP contribution in [-0.2, 0) is 9.53 Å². The quantitative estimate of drug-likeness (QED) is 0.534. The Morgan fingerprint density at radius 3 is 2.07 bits per heavy atom. The summed E-state index contributed by atoms with van der Waals surface area (Å²) in [4.78, 5) is 10.3. The molecule has 0 heterocycles. The van der Waals surface area contributed by atoms with Crippen molar-refractivity contribution in [1.82, 2.24) is 0 Å². The van der Waals surface area contributed by atoms with Crippen LogP contribution in [0.1, 0.15) is 52.9 Å². The van der Waals surface area contributed by atoms with Crippen molar-refractivity contribution in [2.45, 2.75) is 52.9 Å². The van der Waals surface area contributed by atoms with Gasteiger partial charge in [0.2, 0.25) is 0 Å². The largest absolute Gasteiger partial charge is 0.466 e. The molecule has 0 saturated heterocycles. The lowest BCUT2D eigenvalue weighted by atomic mass is 10.2. The highest BCUT2D eigenvalue weighted by molar-refractivity contribution is 5.65. The molecule has 0 aromatic rings. The molecule has 3 heteroatoms. The summed E-state index contributed by atoms with van der Waals surface area (Å²) in [6.45, 7) is 6.45. The minimum absolute atomic E-state index is 0.170. The minimum Gasteiger partial charge on any atom is -0.466 e. The number of hydrogen-bond donors (Lipinski definition) is 1. The Bertz CT molecular complexity index is 111. The summed E-state index contributed by atoms with van der Waals surface area (Å²) < 4.78 is 4.75. The summed E-state index contributed by atoms with van der Waals surface area (Å²) >= 11 is 0. The van der Waals surface area contributed by atoms with E-state index in [9.17, 15) is 4.79 Å². The van der Waals surface area contributed by atoms with E-state index in [0.29, 0.717) is 13.2 Å². The Kier molecular flexibility index (Phi) is 16.9. The van der Waals surface area contributed by atoms with E-state index in [1.54, 1.807) is 0 Å². The highest BCUT2D eigenvalue weighted by Crippen LogP contribution is 1.98. The van der Waals surface area contributed by atoms with E-state index < -0.39 is 0 Å². The van der Waals surface area contributed by atoms with Gasteiger partial charge in [0.15, 0.2) is 0 Å². The van der Waals surface area contributed by atoms with Crippen LogP contribution >= 0.6 is 0 Å². The maximum Gasteiger partial charge on any atom is 0.302 e. The van der Waals surface area contributed by atoms with Crippen molar-refractivity contribution < 1.29 is 14.6 Å². The Balaban J connectivity index is 0. The number of hydrogen-bond acceptors (Lipinski definition) is 3. The Morgan fingerprint density at radius 1 is 1.14 bits per heavy atom. The van der Waals surface area contributed by atoms with E-state index in [1.807, 2.05) is 6.92 Å². The van der Waals surface area contributed by atoms with Gasteiger partial charge in [0.25, 0.3) is 0 Å². The summed E-state index contributed by atoms with van der Waals surface area (Å²) in [6.07, 6.45) is 5.51. The summed E-state index contributed by atoms with van der Waals surface area (Å²) in [5.41, 5.74) is 0. The van der Waals surface area contributed by atoms with Crippen LogP contribution in [0.5, 0.6) is 0 Å². The molecule has 0 atom stereocenters. The minimum atomic E-state index is -0.170. The van der Waals surface area contributed by atoms with Gasteiger partial charge in [-0.25, -0.2) is 0 Å². The van der Waals surface area contributed by atoms with E-state index in [1.165, 1.54) is 26.2 Å². The molecule has 0 amide bonds. The third kappa shape index (κ3) is 22.5. The molecule has 0 rings (SSSR count). The summed E-state index contributed by atoms with van der Waals surface area (Å²) in [5.74, 6) is -0.170. The average molecular weight is 204 g/mol. The highest BCUT2D eigenvalue weighted by Gasteiger charge is 1.91. The van der Waals surface area contributed by atoms with Gasteiger partial charge in [0.1, 0.15) is 0 Å². The highest BCUT2D eigenvalue weighted by atomic mass is 16.5. The van der Waals surface area contributed by atoms with E-state index in [2.05, 4.69) is 6.92 Å². The normalized spacial score (nSPS) is 8.86. The van der Waals surface area contributed by atoms with Crippen LogP contribution in [0, 0.1) is 0 Å². The van der Waals surface area contributed by atoms with Crippen molar-refractivity contribution >= 4 is 5.97 Å². The van der Waals surface area contributed by atoms with Gasteiger partial charge in [-0.15, -0.1) is 0 Å². The van der Waals surface area contributed by atoms with Gasteiger partial charge in [-0.1, -0.05) is 33.1 Å². The van der Waals surface area contributed by atoms with Crippen molar-refractivity contribution in [1.29, 1.82) is 0 Å². The van der Waals surface area contributed by atoms with Crippen LogP contribution in [0.4, 0.5) is 0 Å². The Hall–Kier alpha value is -0.570. The molecule has 3 nitrogen and oxygen atoms in total. The maximum absolute atomic E-state index is 10.3. The SMILES string of the molecule is CCCCCCOC(C)=O.CCCO. The molecule has 0 radical (unpaired) electrons. The van der Waals surface area contributed by atoms with Gasteiger partial charge >= 0.3 is 5.97 Å². The van der Waals surface area contributed by atoms with Crippen molar-refractivity contribution in [2.75, 3.05) is 13.2 Å². The average Bonchev–Trinajstić information content (AvgIpc) is 2.18. The molecule has 0 aromatic carbocycles. The van der Waals surface area contributed by atoms with E-state index in [0.717, 1.165) is 12.8 Å². The first-order valence-corrected chi connectivity index (χ1v) is 5.43. The van der Waals surface area contributed by atoms with E-state index >= 15 is 0 Å². The monoisotopic (exact) mass is 204 g/mol. The fourth-order valence-electron chi connectivity index (χ4n) is 0.745. The number of ether oxygens (including phenoxy) is 1. The second-order valence-corrected chi connectivity index (χ2v) is 3.12. The number of esters is 1.